The van der Waals surface area contributed by atoms with Crippen LogP contribution in [0.25, 0.3) is 10.2 Å². The van der Waals surface area contributed by atoms with Crippen LogP contribution in [-0.4, -0.2) is 16.2 Å². The molecule has 0 atom stereocenters. The number of nitrogens with one attached hydrogen (secondary N) is 1. The summed E-state index contributed by atoms with van der Waals surface area (Å²) in [4.78, 5) is 12.7. The van der Waals surface area contributed by atoms with Crippen LogP contribution in [0.15, 0.2) is 34.6 Å². The Labute approximate surface area is 124 Å². The maximum Gasteiger partial charge on any atom is 0.224 e. The molecule has 0 aliphatic carbocycles. The first-order valence-corrected chi connectivity index (χ1v) is 7.36. The van der Waals surface area contributed by atoms with E-state index < -0.39 is 0 Å². The first kappa shape index (κ1) is 11.8. The van der Waals surface area contributed by atoms with Crippen molar-refractivity contribution in [3.8, 4) is 0 Å². The number of nitrogens with zero attached hydrogens (tertiary/aromatic N) is 3. The fourth-order valence-electron chi connectivity index (χ4n) is 2.24. The monoisotopic (exact) mass is 300 g/mol. The van der Waals surface area contributed by atoms with E-state index in [1.165, 1.54) is 5.56 Å². The molecule has 0 bridgehead atoms. The van der Waals surface area contributed by atoms with Crippen LogP contribution in [-0.2, 0) is 6.54 Å². The van der Waals surface area contributed by atoms with Gasteiger partial charge in [0.1, 0.15) is 0 Å². The van der Waals surface area contributed by atoms with Crippen molar-refractivity contribution in [1.29, 1.82) is 0 Å². The highest BCUT2D eigenvalue weighted by molar-refractivity contribution is 7.17. The summed E-state index contributed by atoms with van der Waals surface area (Å²) in [5, 5.41) is 5.55. The van der Waals surface area contributed by atoms with Gasteiger partial charge in [-0.05, 0) is 46.3 Å². The summed E-state index contributed by atoms with van der Waals surface area (Å²) in [6, 6.07) is 8.12. The highest BCUT2D eigenvalue weighted by Gasteiger charge is 2.10. The molecule has 0 radical (unpaired) electrons. The number of halogens is 1. The number of anilines is 2. The number of fused-ring (bicyclic) bond motifs is 2. The van der Waals surface area contributed by atoms with Gasteiger partial charge in [0.25, 0.3) is 0 Å². The van der Waals surface area contributed by atoms with Crippen LogP contribution in [0.2, 0.25) is 5.28 Å². The molecule has 1 aromatic carbocycles. The van der Waals surface area contributed by atoms with Gasteiger partial charge >= 0.3 is 0 Å². The first-order chi connectivity index (χ1) is 9.79. The van der Waals surface area contributed by atoms with Crippen LogP contribution in [0, 0.1) is 0 Å². The van der Waals surface area contributed by atoms with Crippen LogP contribution < -0.4 is 5.32 Å². The molecule has 1 aliphatic heterocycles. The number of hydrogen-bond donors (Lipinski definition) is 1. The smallest absolute Gasteiger partial charge is 0.224 e. The third-order valence-electron chi connectivity index (χ3n) is 3.18. The first-order valence-electron chi connectivity index (χ1n) is 6.10. The van der Waals surface area contributed by atoms with Gasteiger partial charge in [0.15, 0.2) is 5.82 Å². The lowest BCUT2D eigenvalue weighted by atomic mass is 10.1. The van der Waals surface area contributed by atoms with E-state index in [2.05, 4.69) is 32.4 Å². The Bertz CT molecular complexity index is 840. The predicted octanol–water partition coefficient (Wildman–Crippen LogP) is 4.02. The molecule has 1 N–H and O–H groups in total. The average molecular weight is 301 g/mol. The fraction of sp³-hybridized carbons (Fsp3) is 0.0714. The van der Waals surface area contributed by atoms with Crippen molar-refractivity contribution in [2.45, 2.75) is 6.54 Å². The van der Waals surface area contributed by atoms with Crippen molar-refractivity contribution in [1.82, 2.24) is 9.97 Å². The summed E-state index contributed by atoms with van der Waals surface area (Å²) in [7, 11) is 0. The molecule has 1 aliphatic rings. The third kappa shape index (κ3) is 1.95. The van der Waals surface area contributed by atoms with Crippen LogP contribution in [0.3, 0.4) is 0 Å². The van der Waals surface area contributed by atoms with Gasteiger partial charge in [-0.3, -0.25) is 4.99 Å². The summed E-state index contributed by atoms with van der Waals surface area (Å²) < 4.78 is 1.00. The van der Waals surface area contributed by atoms with E-state index in [1.807, 2.05) is 23.7 Å². The number of aromatic nitrogens is 2. The molecule has 3 aromatic rings. The normalized spacial score (nSPS) is 12.8. The van der Waals surface area contributed by atoms with Gasteiger partial charge in [-0.1, -0.05) is 6.07 Å². The number of hydrogen-bond acceptors (Lipinski definition) is 5. The molecule has 2 aromatic heterocycles. The minimum atomic E-state index is 0.251. The topological polar surface area (TPSA) is 50.2 Å². The van der Waals surface area contributed by atoms with E-state index in [0.717, 1.165) is 33.8 Å². The fourth-order valence-corrected chi connectivity index (χ4v) is 3.19. The summed E-state index contributed by atoms with van der Waals surface area (Å²) in [6.45, 7) is 0.768. The van der Waals surface area contributed by atoms with E-state index in [1.54, 1.807) is 11.3 Å². The summed E-state index contributed by atoms with van der Waals surface area (Å²) in [6.07, 6.45) is 1.90. The minimum absolute atomic E-state index is 0.251. The second-order valence-corrected chi connectivity index (χ2v) is 5.74. The highest BCUT2D eigenvalue weighted by Crippen LogP contribution is 2.30. The quantitative estimate of drug-likeness (QED) is 0.727. The van der Waals surface area contributed by atoms with Gasteiger partial charge in [-0.2, -0.15) is 4.98 Å². The molecule has 0 saturated heterocycles. The van der Waals surface area contributed by atoms with Gasteiger partial charge in [-0.25, -0.2) is 4.98 Å². The minimum Gasteiger partial charge on any atom is -0.339 e. The molecule has 4 nitrogen and oxygen atoms in total. The second-order valence-electron chi connectivity index (χ2n) is 4.48. The molecule has 0 spiro atoms. The van der Waals surface area contributed by atoms with E-state index in [0.29, 0.717) is 0 Å². The highest BCUT2D eigenvalue weighted by atomic mass is 35.5. The van der Waals surface area contributed by atoms with Gasteiger partial charge in [0.05, 0.1) is 16.8 Å². The van der Waals surface area contributed by atoms with Crippen molar-refractivity contribution in [3.63, 3.8) is 0 Å². The molecule has 6 heteroatoms. The lowest BCUT2D eigenvalue weighted by molar-refractivity contribution is 1.11. The second kappa shape index (κ2) is 4.54. The molecule has 3 heterocycles. The van der Waals surface area contributed by atoms with Gasteiger partial charge in [0, 0.05) is 11.9 Å². The lowest BCUT2D eigenvalue weighted by Gasteiger charge is -2.08. The van der Waals surface area contributed by atoms with Gasteiger partial charge in [-0.15, -0.1) is 11.3 Å². The number of aliphatic imine (C=N–C) groups is 1. The standard InChI is InChI=1S/C14H9ClN4S/c15-14-18-11-3-4-20-12(11)13(19-14)17-10-2-1-8-6-16-7-9(8)5-10/h1-5,7H,6H2,(H,17,18,19). The van der Waals surface area contributed by atoms with Crippen molar-refractivity contribution in [2.24, 2.45) is 4.99 Å². The van der Waals surface area contributed by atoms with Gasteiger partial charge in [0.2, 0.25) is 5.28 Å². The largest absolute Gasteiger partial charge is 0.339 e. The number of thiophene rings is 1. The SMILES string of the molecule is Clc1nc(Nc2ccc3c(c2)C=NC3)c2sccc2n1. The van der Waals surface area contributed by atoms with Gasteiger partial charge < -0.3 is 5.32 Å². The maximum absolute atomic E-state index is 5.96. The van der Waals surface area contributed by atoms with Crippen LogP contribution >= 0.6 is 22.9 Å². The van der Waals surface area contributed by atoms with Crippen LogP contribution in [0.5, 0.6) is 0 Å². The number of rotatable bonds is 2. The molecule has 0 saturated carbocycles. The molecule has 0 fully saturated rings. The Morgan fingerprint density at radius 2 is 2.15 bits per heavy atom. The summed E-state index contributed by atoms with van der Waals surface area (Å²) in [5.74, 6) is 0.741. The molecule has 0 amide bonds. The van der Waals surface area contributed by atoms with E-state index in [-0.39, 0.29) is 5.28 Å². The van der Waals surface area contributed by atoms with E-state index >= 15 is 0 Å². The lowest BCUT2D eigenvalue weighted by Crippen LogP contribution is -1.97. The third-order valence-corrected chi connectivity index (χ3v) is 4.26. The Kier molecular flexibility index (Phi) is 2.68. The Balaban J connectivity index is 1.77. The van der Waals surface area contributed by atoms with Crippen molar-refractivity contribution in [2.75, 3.05) is 5.32 Å². The Morgan fingerprint density at radius 3 is 3.10 bits per heavy atom. The zero-order valence-electron chi connectivity index (χ0n) is 10.3. The van der Waals surface area contributed by atoms with Crippen LogP contribution in [0.1, 0.15) is 11.1 Å². The zero-order chi connectivity index (χ0) is 13.5. The van der Waals surface area contributed by atoms with E-state index in [9.17, 15) is 0 Å². The Morgan fingerprint density at radius 1 is 1.20 bits per heavy atom. The molecule has 4 rings (SSSR count). The summed E-state index contributed by atoms with van der Waals surface area (Å²) >= 11 is 7.56. The Hall–Kier alpha value is -1.98. The molecule has 0 unspecified atom stereocenters. The maximum atomic E-state index is 5.96. The molecule has 98 valence electrons. The zero-order valence-corrected chi connectivity index (χ0v) is 11.9. The molecular weight excluding hydrogens is 292 g/mol. The molecule has 20 heavy (non-hydrogen) atoms. The molecular formula is C14H9ClN4S. The van der Waals surface area contributed by atoms with E-state index in [4.69, 9.17) is 11.6 Å². The average Bonchev–Trinajstić information content (AvgIpc) is 3.05. The predicted molar refractivity (Wildman–Crippen MR) is 83.4 cm³/mol. The summed E-state index contributed by atoms with van der Waals surface area (Å²) in [5.41, 5.74) is 4.23. The van der Waals surface area contributed by atoms with Crippen molar-refractivity contribution >= 4 is 50.9 Å². The van der Waals surface area contributed by atoms with Crippen molar-refractivity contribution < 1.29 is 0 Å². The van der Waals surface area contributed by atoms with Crippen molar-refractivity contribution in [3.05, 3.63) is 46.1 Å². The number of benzene rings is 1. The van der Waals surface area contributed by atoms with Crippen LogP contribution in [0.4, 0.5) is 11.5 Å².